The van der Waals surface area contributed by atoms with Crippen molar-refractivity contribution in [3.8, 4) is 5.75 Å². The third-order valence-electron chi connectivity index (χ3n) is 5.11. The molecule has 3 aromatic rings. The molecule has 1 aromatic heterocycles. The second-order valence-corrected chi connectivity index (χ2v) is 7.84. The molecule has 1 unspecified atom stereocenters. The highest BCUT2D eigenvalue weighted by Crippen LogP contribution is 2.30. The van der Waals surface area contributed by atoms with Gasteiger partial charge in [-0.05, 0) is 35.9 Å². The molecular formula is C22H24ClN3O3. The summed E-state index contributed by atoms with van der Waals surface area (Å²) in [5, 5.41) is 15.1. The first-order valence-corrected chi connectivity index (χ1v) is 10.1. The van der Waals surface area contributed by atoms with E-state index >= 15 is 0 Å². The number of amides is 1. The van der Waals surface area contributed by atoms with E-state index in [0.29, 0.717) is 18.0 Å². The zero-order valence-corrected chi connectivity index (χ0v) is 17.0. The third-order valence-corrected chi connectivity index (χ3v) is 5.35. The van der Waals surface area contributed by atoms with Crippen molar-refractivity contribution in [3.05, 3.63) is 58.7 Å². The number of anilines is 1. The van der Waals surface area contributed by atoms with Crippen LogP contribution in [0.2, 0.25) is 5.02 Å². The fourth-order valence-electron chi connectivity index (χ4n) is 3.82. The van der Waals surface area contributed by atoms with Gasteiger partial charge in [0.05, 0.1) is 5.69 Å². The van der Waals surface area contributed by atoms with Crippen molar-refractivity contribution >= 4 is 34.1 Å². The minimum absolute atomic E-state index is 0.152. The molecule has 4 rings (SSSR count). The second kappa shape index (κ2) is 8.45. The van der Waals surface area contributed by atoms with Gasteiger partial charge in [0.15, 0.2) is 0 Å². The number of benzene rings is 2. The summed E-state index contributed by atoms with van der Waals surface area (Å²) in [5.41, 5.74) is 4.19. The van der Waals surface area contributed by atoms with Gasteiger partial charge in [0.1, 0.15) is 18.5 Å². The molecule has 0 saturated carbocycles. The Morgan fingerprint density at radius 2 is 2.17 bits per heavy atom. The first-order chi connectivity index (χ1) is 14.0. The van der Waals surface area contributed by atoms with Crippen LogP contribution in [-0.2, 0) is 17.8 Å². The summed E-state index contributed by atoms with van der Waals surface area (Å²) in [6.45, 7) is 3.74. The van der Waals surface area contributed by atoms with Gasteiger partial charge < -0.3 is 20.1 Å². The fraction of sp³-hybridized carbons (Fsp3) is 0.318. The van der Waals surface area contributed by atoms with Crippen LogP contribution in [0.15, 0.2) is 42.5 Å². The molecule has 0 fully saturated rings. The molecule has 7 heteroatoms. The van der Waals surface area contributed by atoms with E-state index in [9.17, 15) is 9.90 Å². The molecule has 0 saturated heterocycles. The lowest BCUT2D eigenvalue weighted by atomic mass is 10.0. The number of hydrogen-bond donors (Lipinski definition) is 3. The van der Waals surface area contributed by atoms with E-state index in [4.69, 9.17) is 16.3 Å². The summed E-state index contributed by atoms with van der Waals surface area (Å²) >= 11 is 6.17. The first-order valence-electron chi connectivity index (χ1n) is 9.68. The van der Waals surface area contributed by atoms with Crippen LogP contribution in [-0.4, -0.2) is 46.7 Å². The number of nitrogens with zero attached hydrogens (tertiary/aromatic N) is 1. The number of aromatic nitrogens is 1. The lowest BCUT2D eigenvalue weighted by Crippen LogP contribution is -2.38. The molecule has 152 valence electrons. The molecule has 1 aliphatic rings. The van der Waals surface area contributed by atoms with Gasteiger partial charge in [0.25, 0.3) is 0 Å². The van der Waals surface area contributed by atoms with E-state index in [0.717, 1.165) is 35.4 Å². The number of halogens is 1. The molecule has 1 amide bonds. The molecule has 2 heterocycles. The summed E-state index contributed by atoms with van der Waals surface area (Å²) in [5.74, 6) is 0.388. The van der Waals surface area contributed by atoms with Crippen LogP contribution < -0.4 is 10.1 Å². The van der Waals surface area contributed by atoms with Crippen molar-refractivity contribution in [2.24, 2.45) is 0 Å². The Kier molecular flexibility index (Phi) is 5.76. The molecule has 2 aromatic carbocycles. The largest absolute Gasteiger partial charge is 0.489 e. The van der Waals surface area contributed by atoms with Crippen molar-refractivity contribution in [2.75, 3.05) is 25.0 Å². The fourth-order valence-corrected chi connectivity index (χ4v) is 3.99. The Labute approximate surface area is 174 Å². The molecule has 3 N–H and O–H groups in total. The SMILES string of the molecule is CC(=O)Nc1ccccc1OCC(O)CN1CCc2[nH]c3ccc(Cl)cc3c2C1. The van der Waals surface area contributed by atoms with Crippen molar-refractivity contribution in [2.45, 2.75) is 26.0 Å². The summed E-state index contributed by atoms with van der Waals surface area (Å²) in [7, 11) is 0. The van der Waals surface area contributed by atoms with Gasteiger partial charge in [-0.15, -0.1) is 0 Å². The van der Waals surface area contributed by atoms with Gasteiger partial charge in [0.2, 0.25) is 5.91 Å². The molecule has 0 spiro atoms. The van der Waals surface area contributed by atoms with Crippen LogP contribution in [0, 0.1) is 0 Å². The number of carbonyl (C=O) groups is 1. The molecule has 0 radical (unpaired) electrons. The molecule has 1 aliphatic heterocycles. The predicted octanol–water partition coefficient (Wildman–Crippen LogP) is 3.58. The van der Waals surface area contributed by atoms with E-state index in [1.807, 2.05) is 30.3 Å². The van der Waals surface area contributed by atoms with Crippen molar-refractivity contribution in [1.29, 1.82) is 0 Å². The maximum Gasteiger partial charge on any atom is 0.221 e. The average Bonchev–Trinajstić information content (AvgIpc) is 3.04. The van der Waals surface area contributed by atoms with Gasteiger partial charge in [-0.1, -0.05) is 23.7 Å². The average molecular weight is 414 g/mol. The van der Waals surface area contributed by atoms with Gasteiger partial charge in [-0.3, -0.25) is 9.69 Å². The maximum absolute atomic E-state index is 11.3. The Balaban J connectivity index is 1.38. The predicted molar refractivity (Wildman–Crippen MR) is 115 cm³/mol. The molecule has 0 bridgehead atoms. The van der Waals surface area contributed by atoms with Crippen LogP contribution in [0.3, 0.4) is 0 Å². The second-order valence-electron chi connectivity index (χ2n) is 7.40. The van der Waals surface area contributed by atoms with Crippen LogP contribution in [0.25, 0.3) is 10.9 Å². The highest BCUT2D eigenvalue weighted by atomic mass is 35.5. The number of carbonyl (C=O) groups excluding carboxylic acids is 1. The Bertz CT molecular complexity index is 1030. The summed E-state index contributed by atoms with van der Waals surface area (Å²) in [6, 6.07) is 13.1. The van der Waals surface area contributed by atoms with Crippen LogP contribution >= 0.6 is 11.6 Å². The summed E-state index contributed by atoms with van der Waals surface area (Å²) in [6.07, 6.45) is 0.261. The van der Waals surface area contributed by atoms with Gasteiger partial charge >= 0.3 is 0 Å². The Hall–Kier alpha value is -2.54. The number of hydrogen-bond acceptors (Lipinski definition) is 4. The molecule has 0 aliphatic carbocycles. The Morgan fingerprint density at radius 3 is 3.00 bits per heavy atom. The third kappa shape index (κ3) is 4.56. The minimum atomic E-state index is -0.643. The maximum atomic E-state index is 11.3. The molecule has 29 heavy (non-hydrogen) atoms. The number of para-hydroxylation sites is 2. The number of β-amino-alcohol motifs (C(OH)–C–C–N with tert-alkyl or cyclic N) is 1. The highest BCUT2D eigenvalue weighted by molar-refractivity contribution is 6.31. The minimum Gasteiger partial charge on any atom is -0.489 e. The molecule has 6 nitrogen and oxygen atoms in total. The number of H-pyrrole nitrogens is 1. The van der Waals surface area contributed by atoms with Crippen molar-refractivity contribution in [1.82, 2.24) is 9.88 Å². The van der Waals surface area contributed by atoms with Gasteiger partial charge in [0, 0.05) is 54.6 Å². The molecular weight excluding hydrogens is 390 g/mol. The van der Waals surface area contributed by atoms with E-state index in [1.165, 1.54) is 18.2 Å². The topological polar surface area (TPSA) is 77.6 Å². The lowest BCUT2D eigenvalue weighted by Gasteiger charge is -2.29. The van der Waals surface area contributed by atoms with E-state index in [-0.39, 0.29) is 12.5 Å². The van der Waals surface area contributed by atoms with Crippen LogP contribution in [0.5, 0.6) is 5.75 Å². The Morgan fingerprint density at radius 1 is 1.34 bits per heavy atom. The lowest BCUT2D eigenvalue weighted by molar-refractivity contribution is -0.114. The number of nitrogens with one attached hydrogen (secondary N) is 2. The number of aliphatic hydroxyl groups excluding tert-OH is 1. The summed E-state index contributed by atoms with van der Waals surface area (Å²) < 4.78 is 5.77. The zero-order chi connectivity index (χ0) is 20.4. The van der Waals surface area contributed by atoms with Gasteiger partial charge in [-0.25, -0.2) is 0 Å². The number of rotatable bonds is 6. The zero-order valence-electron chi connectivity index (χ0n) is 16.2. The standard InChI is InChI=1S/C22H24ClN3O3/c1-14(27)24-21-4-2-3-5-22(21)29-13-16(28)11-26-9-8-20-18(12-26)17-10-15(23)6-7-19(17)25-20/h2-7,10,16,25,28H,8-9,11-13H2,1H3,(H,24,27). The van der Waals surface area contributed by atoms with Crippen LogP contribution in [0.1, 0.15) is 18.2 Å². The van der Waals surface area contributed by atoms with E-state index < -0.39 is 6.10 Å². The van der Waals surface area contributed by atoms with Crippen molar-refractivity contribution in [3.63, 3.8) is 0 Å². The number of aliphatic hydroxyl groups is 1. The van der Waals surface area contributed by atoms with Gasteiger partial charge in [-0.2, -0.15) is 0 Å². The van der Waals surface area contributed by atoms with Crippen molar-refractivity contribution < 1.29 is 14.6 Å². The number of fused-ring (bicyclic) bond motifs is 3. The summed E-state index contributed by atoms with van der Waals surface area (Å²) in [4.78, 5) is 17.0. The van der Waals surface area contributed by atoms with E-state index in [1.54, 1.807) is 12.1 Å². The molecule has 1 atom stereocenters. The van der Waals surface area contributed by atoms with Crippen LogP contribution in [0.4, 0.5) is 5.69 Å². The first kappa shape index (κ1) is 19.8. The normalized spacial score (nSPS) is 15.1. The quantitative estimate of drug-likeness (QED) is 0.577. The monoisotopic (exact) mass is 413 g/mol. The smallest absolute Gasteiger partial charge is 0.221 e. The highest BCUT2D eigenvalue weighted by Gasteiger charge is 2.23. The van der Waals surface area contributed by atoms with E-state index in [2.05, 4.69) is 15.2 Å². The number of ether oxygens (including phenoxy) is 1. The number of aromatic amines is 1.